The van der Waals surface area contributed by atoms with Crippen molar-refractivity contribution in [2.24, 2.45) is 0 Å². The molecule has 0 unspecified atom stereocenters. The molecule has 1 aromatic carbocycles. The van der Waals surface area contributed by atoms with Crippen LogP contribution in [0.5, 0.6) is 5.75 Å². The van der Waals surface area contributed by atoms with Crippen LogP contribution >= 0.6 is 0 Å². The molecule has 1 atom stereocenters. The minimum Gasteiger partial charge on any atom is -0.496 e. The Morgan fingerprint density at radius 2 is 1.80 bits per heavy atom. The number of anilines is 2. The number of methoxy groups -OCH3 is 1. The van der Waals surface area contributed by atoms with Crippen LogP contribution in [0.2, 0.25) is 0 Å². The number of carboxylic acids is 1. The lowest BCUT2D eigenvalue weighted by molar-refractivity contribution is -0.137. The van der Waals surface area contributed by atoms with Crippen LogP contribution in [0.1, 0.15) is 44.9 Å². The van der Waals surface area contributed by atoms with Gasteiger partial charge in [-0.1, -0.05) is 24.3 Å². The van der Waals surface area contributed by atoms with Gasteiger partial charge in [0.15, 0.2) is 0 Å². The van der Waals surface area contributed by atoms with E-state index in [1.165, 1.54) is 7.11 Å². The van der Waals surface area contributed by atoms with Crippen molar-refractivity contribution in [1.82, 2.24) is 14.5 Å². The highest BCUT2D eigenvalue weighted by atomic mass is 19.4. The SMILES string of the molecule is CCN(CC)c1ncc(CC(F)(F)F)c(N[C@@H](Cc2ccc(-c3c(OC)ccn(C(C)C)c3=O)cc2)C(=O)O)n1. The number of pyridine rings is 1. The third-order valence-corrected chi connectivity index (χ3v) is 6.44. The fourth-order valence-electron chi connectivity index (χ4n) is 4.31. The number of ether oxygens (including phenoxy) is 1. The topological polar surface area (TPSA) is 110 Å². The van der Waals surface area contributed by atoms with Crippen LogP contribution in [0, 0.1) is 0 Å². The van der Waals surface area contributed by atoms with E-state index >= 15 is 0 Å². The molecule has 3 aromatic rings. The number of hydrogen-bond donors (Lipinski definition) is 2. The number of aromatic nitrogens is 3. The van der Waals surface area contributed by atoms with Crippen LogP contribution < -0.4 is 20.5 Å². The highest BCUT2D eigenvalue weighted by Crippen LogP contribution is 2.29. The summed E-state index contributed by atoms with van der Waals surface area (Å²) in [4.78, 5) is 35.3. The van der Waals surface area contributed by atoms with E-state index in [1.807, 2.05) is 27.7 Å². The van der Waals surface area contributed by atoms with E-state index in [9.17, 15) is 27.9 Å². The monoisotopic (exact) mass is 561 g/mol. The molecule has 0 bridgehead atoms. The molecule has 2 aromatic heterocycles. The second-order valence-electron chi connectivity index (χ2n) is 9.51. The molecular formula is C28H34F3N5O4. The molecule has 0 saturated heterocycles. The molecule has 0 amide bonds. The van der Waals surface area contributed by atoms with Gasteiger partial charge in [-0.3, -0.25) is 4.79 Å². The number of halogens is 3. The van der Waals surface area contributed by atoms with Crippen LogP contribution in [0.3, 0.4) is 0 Å². The Morgan fingerprint density at radius 3 is 2.33 bits per heavy atom. The number of alkyl halides is 3. The predicted octanol–water partition coefficient (Wildman–Crippen LogP) is 4.95. The molecule has 0 saturated carbocycles. The summed E-state index contributed by atoms with van der Waals surface area (Å²) < 4.78 is 46.7. The van der Waals surface area contributed by atoms with E-state index in [4.69, 9.17) is 4.74 Å². The molecule has 0 aliphatic carbocycles. The molecule has 2 heterocycles. The van der Waals surface area contributed by atoms with Gasteiger partial charge in [-0.2, -0.15) is 18.2 Å². The van der Waals surface area contributed by atoms with Gasteiger partial charge in [-0.15, -0.1) is 0 Å². The van der Waals surface area contributed by atoms with Crippen molar-refractivity contribution in [1.29, 1.82) is 0 Å². The standard InChI is InChI=1S/C28H34F3N5O4/c1-6-35(7-2)27-32-16-20(15-28(29,30)31)24(34-27)33-21(26(38)39)14-18-8-10-19(11-9-18)23-22(40-5)12-13-36(17(3)4)25(23)37/h8-13,16-17,21H,6-7,14-15H2,1-5H3,(H,38,39)(H,32,33,34)/t21-/m0/s1. The second-order valence-corrected chi connectivity index (χ2v) is 9.51. The number of carbonyl (C=O) groups is 1. The molecule has 0 aliphatic heterocycles. The van der Waals surface area contributed by atoms with Gasteiger partial charge < -0.3 is 24.6 Å². The molecule has 40 heavy (non-hydrogen) atoms. The van der Waals surface area contributed by atoms with Gasteiger partial charge in [-0.25, -0.2) is 9.78 Å². The molecule has 0 radical (unpaired) electrons. The van der Waals surface area contributed by atoms with E-state index in [1.54, 1.807) is 46.0 Å². The molecule has 0 fully saturated rings. The van der Waals surface area contributed by atoms with Crippen LogP contribution in [0.25, 0.3) is 11.1 Å². The Balaban J connectivity index is 1.93. The third-order valence-electron chi connectivity index (χ3n) is 6.44. The fourth-order valence-corrected chi connectivity index (χ4v) is 4.31. The molecule has 3 rings (SSSR count). The first-order valence-corrected chi connectivity index (χ1v) is 12.9. The van der Waals surface area contributed by atoms with Crippen LogP contribution in [0.4, 0.5) is 24.9 Å². The molecule has 2 N–H and O–H groups in total. The van der Waals surface area contributed by atoms with Gasteiger partial charge in [0.05, 0.1) is 19.1 Å². The van der Waals surface area contributed by atoms with Gasteiger partial charge >= 0.3 is 12.1 Å². The smallest absolute Gasteiger partial charge is 0.393 e. The van der Waals surface area contributed by atoms with Gasteiger partial charge in [-0.05, 0) is 44.9 Å². The van der Waals surface area contributed by atoms with Crippen LogP contribution in [-0.2, 0) is 17.6 Å². The number of benzene rings is 1. The maximum absolute atomic E-state index is 13.2. The average Bonchev–Trinajstić information content (AvgIpc) is 2.89. The summed E-state index contributed by atoms with van der Waals surface area (Å²) in [5.41, 5.74) is 1.09. The van der Waals surface area contributed by atoms with Crippen molar-refractivity contribution in [3.05, 3.63) is 64.2 Å². The zero-order valence-corrected chi connectivity index (χ0v) is 23.1. The number of hydrogen-bond acceptors (Lipinski definition) is 7. The quantitative estimate of drug-likeness (QED) is 0.320. The van der Waals surface area contributed by atoms with Crippen molar-refractivity contribution in [3.63, 3.8) is 0 Å². The van der Waals surface area contributed by atoms with Crippen molar-refractivity contribution in [3.8, 4) is 16.9 Å². The number of aliphatic carboxylic acids is 1. The molecule has 12 heteroatoms. The summed E-state index contributed by atoms with van der Waals surface area (Å²) in [6.45, 7) is 8.55. The van der Waals surface area contributed by atoms with Gasteiger partial charge in [0.25, 0.3) is 5.56 Å². The lowest BCUT2D eigenvalue weighted by atomic mass is 10.0. The van der Waals surface area contributed by atoms with Crippen molar-refractivity contribution in [2.75, 3.05) is 30.4 Å². The van der Waals surface area contributed by atoms with Crippen LogP contribution in [0.15, 0.2) is 47.5 Å². The average molecular weight is 562 g/mol. The van der Waals surface area contributed by atoms with Gasteiger partial charge in [0, 0.05) is 43.5 Å². The highest BCUT2D eigenvalue weighted by molar-refractivity contribution is 5.78. The van der Waals surface area contributed by atoms with Crippen molar-refractivity contribution >= 4 is 17.7 Å². The van der Waals surface area contributed by atoms with E-state index < -0.39 is 24.6 Å². The first-order chi connectivity index (χ1) is 18.9. The third kappa shape index (κ3) is 7.30. The maximum atomic E-state index is 13.2. The molecule has 0 aliphatic rings. The Hall–Kier alpha value is -4.09. The lowest BCUT2D eigenvalue weighted by Crippen LogP contribution is -2.33. The normalized spacial score (nSPS) is 12.3. The molecular weight excluding hydrogens is 527 g/mol. The Bertz CT molecular complexity index is 1370. The number of rotatable bonds is 12. The summed E-state index contributed by atoms with van der Waals surface area (Å²) in [6.07, 6.45) is -3.13. The molecule has 9 nitrogen and oxygen atoms in total. The Labute approximate surface area is 230 Å². The number of carboxylic acid groups (broad SMARTS) is 1. The minimum atomic E-state index is -4.53. The van der Waals surface area contributed by atoms with Crippen molar-refractivity contribution in [2.45, 2.75) is 58.8 Å². The summed E-state index contributed by atoms with van der Waals surface area (Å²) in [5.74, 6) is -0.823. The molecule has 216 valence electrons. The van der Waals surface area contributed by atoms with Gasteiger partial charge in [0.1, 0.15) is 17.6 Å². The second kappa shape index (κ2) is 12.8. The summed E-state index contributed by atoms with van der Waals surface area (Å²) >= 11 is 0. The largest absolute Gasteiger partial charge is 0.496 e. The Morgan fingerprint density at radius 1 is 1.15 bits per heavy atom. The maximum Gasteiger partial charge on any atom is 0.393 e. The van der Waals surface area contributed by atoms with E-state index in [0.29, 0.717) is 35.5 Å². The molecule has 0 spiro atoms. The van der Waals surface area contributed by atoms with E-state index in [0.717, 1.165) is 6.20 Å². The lowest BCUT2D eigenvalue weighted by Gasteiger charge is -2.22. The Kier molecular flexibility index (Phi) is 9.78. The first kappa shape index (κ1) is 30.5. The minimum absolute atomic E-state index is 0.0478. The number of nitrogens with zero attached hydrogens (tertiary/aromatic N) is 4. The highest BCUT2D eigenvalue weighted by Gasteiger charge is 2.31. The summed E-state index contributed by atoms with van der Waals surface area (Å²) in [7, 11) is 1.47. The zero-order valence-electron chi connectivity index (χ0n) is 23.1. The van der Waals surface area contributed by atoms with Crippen molar-refractivity contribution < 1.29 is 27.8 Å². The fraction of sp³-hybridized carbons (Fsp3) is 0.429. The van der Waals surface area contributed by atoms with E-state index in [2.05, 4.69) is 15.3 Å². The predicted molar refractivity (Wildman–Crippen MR) is 147 cm³/mol. The van der Waals surface area contributed by atoms with Gasteiger partial charge in [0.2, 0.25) is 5.95 Å². The number of nitrogens with one attached hydrogen (secondary N) is 1. The zero-order chi connectivity index (χ0) is 29.6. The first-order valence-electron chi connectivity index (χ1n) is 12.9. The van der Waals surface area contributed by atoms with E-state index in [-0.39, 0.29) is 35.4 Å². The summed E-state index contributed by atoms with van der Waals surface area (Å²) in [6, 6.07) is 7.11. The summed E-state index contributed by atoms with van der Waals surface area (Å²) in [5, 5.41) is 12.6. The van der Waals surface area contributed by atoms with Crippen LogP contribution in [-0.4, -0.2) is 58.0 Å².